The van der Waals surface area contributed by atoms with Gasteiger partial charge in [0.05, 0.1) is 34.1 Å². The third-order valence-corrected chi connectivity index (χ3v) is 11.8. The van der Waals surface area contributed by atoms with Crippen LogP contribution < -0.4 is 9.80 Å². The summed E-state index contributed by atoms with van der Waals surface area (Å²) in [4.78, 5) is 4.75. The van der Waals surface area contributed by atoms with Crippen LogP contribution in [-0.2, 0) is 10.8 Å². The van der Waals surface area contributed by atoms with E-state index in [1.807, 2.05) is 0 Å². The molecule has 250 valence electrons. The van der Waals surface area contributed by atoms with Gasteiger partial charge in [-0.1, -0.05) is 125 Å². The Morgan fingerprint density at radius 2 is 0.654 bits per heavy atom. The van der Waals surface area contributed by atoms with E-state index in [1.165, 1.54) is 45.0 Å². The third kappa shape index (κ3) is 3.76. The summed E-state index contributed by atoms with van der Waals surface area (Å²) in [5.74, 6) is 0. The zero-order chi connectivity index (χ0) is 34.9. The van der Waals surface area contributed by atoms with Gasteiger partial charge in [0.15, 0.2) is 11.2 Å². The molecule has 0 fully saturated rings. The number of rotatable bonds is 2. The van der Waals surface area contributed by atoms with Crippen molar-refractivity contribution >= 4 is 78.0 Å². The molecule has 0 spiro atoms. The van der Waals surface area contributed by atoms with Crippen molar-refractivity contribution in [2.45, 2.75) is 38.5 Å². The highest BCUT2D eigenvalue weighted by Crippen LogP contribution is 2.55. The Labute approximate surface area is 302 Å². The summed E-state index contributed by atoms with van der Waals surface area (Å²) in [7, 11) is 0. The van der Waals surface area contributed by atoms with Crippen LogP contribution in [0.2, 0.25) is 0 Å². The molecule has 4 nitrogen and oxygen atoms in total. The number of hydrogen-bond donors (Lipinski definition) is 0. The third-order valence-electron chi connectivity index (χ3n) is 11.8. The van der Waals surface area contributed by atoms with E-state index in [9.17, 15) is 0 Å². The normalized spacial score (nSPS) is 15.5. The van der Waals surface area contributed by atoms with E-state index in [2.05, 4.69) is 183 Å². The van der Waals surface area contributed by atoms with E-state index in [0.717, 1.165) is 55.3 Å². The molecule has 0 saturated heterocycles. The minimum atomic E-state index is -0.135. The largest absolute Gasteiger partial charge is 0.454 e. The second-order valence-electron chi connectivity index (χ2n) is 15.3. The molecule has 0 aliphatic carbocycles. The van der Waals surface area contributed by atoms with E-state index in [-0.39, 0.29) is 10.8 Å². The van der Waals surface area contributed by atoms with Gasteiger partial charge >= 0.3 is 0 Å². The number of anilines is 6. The fraction of sp³-hybridized carbons (Fsp3) is 0.125. The predicted octanol–water partition coefficient (Wildman–Crippen LogP) is 13.7. The van der Waals surface area contributed by atoms with Gasteiger partial charge in [0.2, 0.25) is 0 Å². The maximum Gasteiger partial charge on any atom is 0.159 e. The molecule has 0 amide bonds. The lowest BCUT2D eigenvalue weighted by Gasteiger charge is -2.41. The molecule has 2 aliphatic heterocycles. The number of benzene rings is 7. The molecule has 2 aromatic heterocycles. The summed E-state index contributed by atoms with van der Waals surface area (Å²) >= 11 is 0. The van der Waals surface area contributed by atoms with Crippen molar-refractivity contribution in [3.63, 3.8) is 0 Å². The molecule has 4 heteroatoms. The topological polar surface area (TPSA) is 32.8 Å². The van der Waals surface area contributed by atoms with E-state index < -0.39 is 0 Å². The molecule has 0 atom stereocenters. The summed E-state index contributed by atoms with van der Waals surface area (Å²) < 4.78 is 13.8. The Balaban J connectivity index is 1.12. The van der Waals surface area contributed by atoms with Gasteiger partial charge in [0, 0.05) is 32.4 Å². The highest BCUT2D eigenvalue weighted by Gasteiger charge is 2.39. The maximum absolute atomic E-state index is 6.91. The summed E-state index contributed by atoms with van der Waals surface area (Å²) in [5.41, 5.74) is 15.1. The van der Waals surface area contributed by atoms with Crippen molar-refractivity contribution in [1.29, 1.82) is 0 Å². The highest BCUT2D eigenvalue weighted by atomic mass is 16.3. The van der Waals surface area contributed by atoms with Crippen molar-refractivity contribution in [3.8, 4) is 0 Å². The Bertz CT molecular complexity index is 2640. The van der Waals surface area contributed by atoms with Gasteiger partial charge in [-0.05, 0) is 70.8 Å². The van der Waals surface area contributed by atoms with Crippen molar-refractivity contribution in [3.05, 3.63) is 168 Å². The monoisotopic (exact) mass is 672 g/mol. The second-order valence-corrected chi connectivity index (χ2v) is 15.3. The van der Waals surface area contributed by atoms with E-state index in [1.54, 1.807) is 0 Å². The quantitative estimate of drug-likeness (QED) is 0.183. The lowest BCUT2D eigenvalue weighted by atomic mass is 9.73. The van der Waals surface area contributed by atoms with E-state index >= 15 is 0 Å². The molecule has 0 unspecified atom stereocenters. The summed E-state index contributed by atoms with van der Waals surface area (Å²) in [6, 6.07) is 52.3. The average molecular weight is 673 g/mol. The lowest BCUT2D eigenvalue weighted by Crippen LogP contribution is -2.30. The van der Waals surface area contributed by atoms with Crippen LogP contribution in [-0.4, -0.2) is 0 Å². The minimum Gasteiger partial charge on any atom is -0.454 e. The van der Waals surface area contributed by atoms with Crippen LogP contribution >= 0.6 is 0 Å². The fourth-order valence-electron chi connectivity index (χ4n) is 9.27. The minimum absolute atomic E-state index is 0.135. The molecule has 7 aromatic carbocycles. The predicted molar refractivity (Wildman–Crippen MR) is 215 cm³/mol. The first-order chi connectivity index (χ1) is 25.3. The summed E-state index contributed by atoms with van der Waals surface area (Å²) in [5, 5.41) is 4.21. The van der Waals surface area contributed by atoms with Gasteiger partial charge < -0.3 is 18.6 Å². The molecule has 9 aromatic rings. The molecule has 0 radical (unpaired) electrons. The standard InChI is InChI=1S/C48H36N2O2/c1-47(2)33-17-5-9-21-37(33)49(38-22-10-6-18-34(38)47)41-25-13-15-29-31-27-44-32(28-43(31)51-45(29)41)30-16-14-26-42(46(30)52-44)50-39-23-11-7-19-35(39)48(3,4)36-20-8-12-24-40(36)50/h5-28H,1-4H3. The lowest BCUT2D eigenvalue weighted by molar-refractivity contribution is 0.630. The van der Waals surface area contributed by atoms with Crippen LogP contribution in [0.4, 0.5) is 34.1 Å². The molecule has 0 N–H and O–H groups in total. The van der Waals surface area contributed by atoms with Gasteiger partial charge in [-0.25, -0.2) is 0 Å². The smallest absolute Gasteiger partial charge is 0.159 e. The number of para-hydroxylation sites is 6. The van der Waals surface area contributed by atoms with Crippen LogP contribution in [0, 0.1) is 0 Å². The van der Waals surface area contributed by atoms with Crippen molar-refractivity contribution in [2.24, 2.45) is 0 Å². The fourth-order valence-corrected chi connectivity index (χ4v) is 9.27. The van der Waals surface area contributed by atoms with Crippen LogP contribution in [0.3, 0.4) is 0 Å². The molecular formula is C48H36N2O2. The second kappa shape index (κ2) is 10.2. The Kier molecular flexibility index (Phi) is 5.76. The van der Waals surface area contributed by atoms with Crippen LogP contribution in [0.25, 0.3) is 43.9 Å². The molecule has 11 rings (SSSR count). The zero-order valence-corrected chi connectivity index (χ0v) is 29.6. The first kappa shape index (κ1) is 29.5. The maximum atomic E-state index is 6.91. The Morgan fingerprint density at radius 3 is 1.00 bits per heavy atom. The number of fused-ring (bicyclic) bond motifs is 10. The van der Waals surface area contributed by atoms with Gasteiger partial charge in [0.1, 0.15) is 11.2 Å². The van der Waals surface area contributed by atoms with Gasteiger partial charge in [-0.3, -0.25) is 0 Å². The van der Waals surface area contributed by atoms with Crippen LogP contribution in [0.1, 0.15) is 49.9 Å². The zero-order valence-electron chi connectivity index (χ0n) is 29.6. The van der Waals surface area contributed by atoms with E-state index in [4.69, 9.17) is 8.83 Å². The van der Waals surface area contributed by atoms with Crippen molar-refractivity contribution in [2.75, 3.05) is 9.80 Å². The molecule has 2 aliphatic rings. The average Bonchev–Trinajstić information content (AvgIpc) is 3.72. The Hall–Kier alpha value is -6.26. The number of hydrogen-bond acceptors (Lipinski definition) is 4. The number of furan rings is 2. The molecule has 52 heavy (non-hydrogen) atoms. The Morgan fingerprint density at radius 1 is 0.346 bits per heavy atom. The molecule has 0 bridgehead atoms. The summed E-state index contributed by atoms with van der Waals surface area (Å²) in [6.07, 6.45) is 0. The van der Waals surface area contributed by atoms with Gasteiger partial charge in [0.25, 0.3) is 0 Å². The molecule has 4 heterocycles. The summed E-state index contributed by atoms with van der Waals surface area (Å²) in [6.45, 7) is 9.27. The molecular weight excluding hydrogens is 637 g/mol. The van der Waals surface area contributed by atoms with E-state index in [0.29, 0.717) is 0 Å². The highest BCUT2D eigenvalue weighted by molar-refractivity contribution is 6.18. The van der Waals surface area contributed by atoms with Crippen molar-refractivity contribution < 1.29 is 8.83 Å². The first-order valence-corrected chi connectivity index (χ1v) is 18.1. The van der Waals surface area contributed by atoms with Crippen molar-refractivity contribution in [1.82, 2.24) is 0 Å². The van der Waals surface area contributed by atoms with Gasteiger partial charge in [-0.15, -0.1) is 0 Å². The molecule has 0 saturated carbocycles. The first-order valence-electron chi connectivity index (χ1n) is 18.1. The number of nitrogens with zero attached hydrogens (tertiary/aromatic N) is 2. The van der Waals surface area contributed by atoms with Crippen LogP contribution in [0.5, 0.6) is 0 Å². The SMILES string of the molecule is CC1(C)c2ccccc2N(c2cccc3c2oc2cc4c(cc23)oc2c(N3c5ccccc5C(C)(C)c5ccccc53)cccc24)c2ccccc21. The van der Waals surface area contributed by atoms with Gasteiger partial charge in [-0.2, -0.15) is 0 Å². The van der Waals surface area contributed by atoms with Crippen LogP contribution in [0.15, 0.2) is 154 Å².